The van der Waals surface area contributed by atoms with E-state index in [4.69, 9.17) is 0 Å². The molecule has 5 nitrogen and oxygen atoms in total. The van der Waals surface area contributed by atoms with E-state index in [-0.39, 0.29) is 29.8 Å². The van der Waals surface area contributed by atoms with Gasteiger partial charge in [-0.3, -0.25) is 9.36 Å². The minimum atomic E-state index is -0.338. The average molecular weight is 414 g/mol. The zero-order chi connectivity index (χ0) is 20.8. The lowest BCUT2D eigenvalue weighted by Crippen LogP contribution is -2.28. The molecule has 0 saturated carbocycles. The first kappa shape index (κ1) is 20.7. The van der Waals surface area contributed by atoms with Crippen molar-refractivity contribution in [3.05, 3.63) is 78.4 Å². The molecule has 1 amide bonds. The number of amides is 1. The predicted molar refractivity (Wildman–Crippen MR) is 109 cm³/mol. The van der Waals surface area contributed by atoms with Gasteiger partial charge in [0.05, 0.1) is 5.75 Å². The van der Waals surface area contributed by atoms with Gasteiger partial charge in [0.25, 0.3) is 0 Å². The lowest BCUT2D eigenvalue weighted by atomic mass is 10.2. The highest BCUT2D eigenvalue weighted by molar-refractivity contribution is 7.99. The zero-order valence-electron chi connectivity index (χ0n) is 15.9. The third-order valence-corrected chi connectivity index (χ3v) is 5.20. The van der Waals surface area contributed by atoms with Crippen LogP contribution in [0, 0.1) is 11.6 Å². The number of thioether (sulfide) groups is 1. The number of carbonyl (C=O) groups excluding carboxylic acids is 1. The standard InChI is InChI=1S/C21H20F2N4OS/c1-3-12-27-20(15-8-10-17(22)11-9-15)24-25-21(27)29-14-19(28)26(2)13-16-6-4-5-7-18(16)23/h3-11H,1,12-14H2,2H3. The van der Waals surface area contributed by atoms with E-state index in [0.29, 0.717) is 23.1 Å². The van der Waals surface area contributed by atoms with Crippen LogP contribution in [0.25, 0.3) is 11.4 Å². The second-order valence-corrected chi connectivity index (χ2v) is 7.28. The Labute approximate surface area is 172 Å². The summed E-state index contributed by atoms with van der Waals surface area (Å²) in [7, 11) is 1.63. The van der Waals surface area contributed by atoms with Gasteiger partial charge in [0, 0.05) is 31.3 Å². The van der Waals surface area contributed by atoms with E-state index in [1.54, 1.807) is 43.5 Å². The smallest absolute Gasteiger partial charge is 0.233 e. The molecule has 8 heteroatoms. The molecule has 0 N–H and O–H groups in total. The first-order valence-electron chi connectivity index (χ1n) is 8.89. The van der Waals surface area contributed by atoms with Gasteiger partial charge in [0.1, 0.15) is 11.6 Å². The van der Waals surface area contributed by atoms with Crippen LogP contribution >= 0.6 is 11.8 Å². The Hall–Kier alpha value is -3.00. The van der Waals surface area contributed by atoms with Gasteiger partial charge in [0.15, 0.2) is 11.0 Å². The summed E-state index contributed by atoms with van der Waals surface area (Å²) >= 11 is 1.24. The third kappa shape index (κ3) is 5.08. The van der Waals surface area contributed by atoms with Crippen LogP contribution in [0.5, 0.6) is 0 Å². The van der Waals surface area contributed by atoms with Crippen LogP contribution in [0.4, 0.5) is 8.78 Å². The van der Waals surface area contributed by atoms with Crippen molar-refractivity contribution in [1.82, 2.24) is 19.7 Å². The second-order valence-electron chi connectivity index (χ2n) is 6.34. The van der Waals surface area contributed by atoms with Crippen molar-refractivity contribution in [2.75, 3.05) is 12.8 Å². The number of hydrogen-bond acceptors (Lipinski definition) is 4. The van der Waals surface area contributed by atoms with Crippen LogP contribution in [0.15, 0.2) is 66.3 Å². The topological polar surface area (TPSA) is 51.0 Å². The molecular weight excluding hydrogens is 394 g/mol. The molecule has 1 aromatic heterocycles. The molecule has 0 aliphatic rings. The normalized spacial score (nSPS) is 10.7. The number of halogens is 2. The van der Waals surface area contributed by atoms with Crippen LogP contribution in [0.3, 0.4) is 0 Å². The molecule has 0 radical (unpaired) electrons. The highest BCUT2D eigenvalue weighted by Crippen LogP contribution is 2.24. The van der Waals surface area contributed by atoms with Crippen LogP contribution < -0.4 is 0 Å². The molecule has 29 heavy (non-hydrogen) atoms. The number of allylic oxidation sites excluding steroid dienone is 1. The van der Waals surface area contributed by atoms with Crippen molar-refractivity contribution >= 4 is 17.7 Å². The lowest BCUT2D eigenvalue weighted by molar-refractivity contribution is -0.127. The van der Waals surface area contributed by atoms with Crippen molar-refractivity contribution < 1.29 is 13.6 Å². The van der Waals surface area contributed by atoms with Gasteiger partial charge in [-0.1, -0.05) is 36.0 Å². The molecule has 0 atom stereocenters. The van der Waals surface area contributed by atoms with E-state index in [9.17, 15) is 13.6 Å². The molecule has 0 saturated heterocycles. The van der Waals surface area contributed by atoms with Gasteiger partial charge >= 0.3 is 0 Å². The fourth-order valence-electron chi connectivity index (χ4n) is 2.71. The van der Waals surface area contributed by atoms with E-state index < -0.39 is 0 Å². The number of hydrogen-bond donors (Lipinski definition) is 0. The molecule has 2 aromatic carbocycles. The van der Waals surface area contributed by atoms with Gasteiger partial charge in [-0.05, 0) is 30.3 Å². The Kier molecular flexibility index (Phi) is 6.77. The van der Waals surface area contributed by atoms with Crippen molar-refractivity contribution in [2.24, 2.45) is 0 Å². The minimum absolute atomic E-state index is 0.129. The fourth-order valence-corrected chi connectivity index (χ4v) is 3.60. The molecule has 0 aliphatic carbocycles. The van der Waals surface area contributed by atoms with Crippen molar-refractivity contribution in [3.63, 3.8) is 0 Å². The SMILES string of the molecule is C=CCn1c(SCC(=O)N(C)Cc2ccccc2F)nnc1-c1ccc(F)cc1. The van der Waals surface area contributed by atoms with Gasteiger partial charge < -0.3 is 4.90 Å². The fraction of sp³-hybridized carbons (Fsp3) is 0.190. The Morgan fingerprint density at radius 2 is 1.90 bits per heavy atom. The molecule has 0 fully saturated rings. The maximum Gasteiger partial charge on any atom is 0.233 e. The summed E-state index contributed by atoms with van der Waals surface area (Å²) in [6, 6.07) is 12.3. The monoisotopic (exact) mass is 414 g/mol. The molecule has 3 rings (SSSR count). The molecule has 1 heterocycles. The quantitative estimate of drug-likeness (QED) is 0.410. The second kappa shape index (κ2) is 9.47. The summed E-state index contributed by atoms with van der Waals surface area (Å²) in [5, 5.41) is 8.90. The first-order valence-corrected chi connectivity index (χ1v) is 9.88. The molecule has 0 aliphatic heterocycles. The summed E-state index contributed by atoms with van der Waals surface area (Å²) < 4.78 is 28.8. The largest absolute Gasteiger partial charge is 0.341 e. The van der Waals surface area contributed by atoms with E-state index in [1.165, 1.54) is 34.9 Å². The highest BCUT2D eigenvalue weighted by Gasteiger charge is 2.17. The summed E-state index contributed by atoms with van der Waals surface area (Å²) in [6.07, 6.45) is 1.70. The number of aromatic nitrogens is 3. The van der Waals surface area contributed by atoms with Crippen LogP contribution in [0.2, 0.25) is 0 Å². The number of carbonyl (C=O) groups is 1. The molecule has 150 valence electrons. The minimum Gasteiger partial charge on any atom is -0.341 e. The Bertz CT molecular complexity index is 1000. The van der Waals surface area contributed by atoms with Crippen molar-refractivity contribution in [3.8, 4) is 11.4 Å². The van der Waals surface area contributed by atoms with Crippen LogP contribution in [-0.2, 0) is 17.9 Å². The Balaban J connectivity index is 1.69. The third-order valence-electron chi connectivity index (χ3n) is 4.25. The van der Waals surface area contributed by atoms with Gasteiger partial charge in [-0.15, -0.1) is 16.8 Å². The Morgan fingerprint density at radius 3 is 2.59 bits per heavy atom. The summed E-state index contributed by atoms with van der Waals surface area (Å²) in [5.74, 6) is -0.130. The van der Waals surface area contributed by atoms with Crippen molar-refractivity contribution in [1.29, 1.82) is 0 Å². The average Bonchev–Trinajstić information content (AvgIpc) is 3.11. The molecule has 3 aromatic rings. The predicted octanol–water partition coefficient (Wildman–Crippen LogP) is 4.16. The highest BCUT2D eigenvalue weighted by atomic mass is 32.2. The summed E-state index contributed by atoms with van der Waals surface area (Å²) in [6.45, 7) is 4.38. The van der Waals surface area contributed by atoms with Crippen LogP contribution in [-0.4, -0.2) is 38.4 Å². The molecule has 0 unspecified atom stereocenters. The van der Waals surface area contributed by atoms with E-state index >= 15 is 0 Å². The van der Waals surface area contributed by atoms with Gasteiger partial charge in [0.2, 0.25) is 5.91 Å². The summed E-state index contributed by atoms with van der Waals surface area (Å²) in [5.41, 5.74) is 1.18. The van der Waals surface area contributed by atoms with Crippen LogP contribution in [0.1, 0.15) is 5.56 Å². The van der Waals surface area contributed by atoms with E-state index in [1.807, 2.05) is 4.57 Å². The number of rotatable bonds is 8. The van der Waals surface area contributed by atoms with E-state index in [0.717, 1.165) is 5.56 Å². The lowest BCUT2D eigenvalue weighted by Gasteiger charge is -2.17. The first-order chi connectivity index (χ1) is 14.0. The zero-order valence-corrected chi connectivity index (χ0v) is 16.7. The van der Waals surface area contributed by atoms with E-state index in [2.05, 4.69) is 16.8 Å². The summed E-state index contributed by atoms with van der Waals surface area (Å²) in [4.78, 5) is 14.0. The maximum absolute atomic E-state index is 13.8. The number of benzene rings is 2. The molecule has 0 spiro atoms. The Morgan fingerprint density at radius 1 is 1.17 bits per heavy atom. The van der Waals surface area contributed by atoms with Gasteiger partial charge in [-0.25, -0.2) is 8.78 Å². The number of nitrogens with zero attached hydrogens (tertiary/aromatic N) is 4. The molecular formula is C21H20F2N4OS. The van der Waals surface area contributed by atoms with Gasteiger partial charge in [-0.2, -0.15) is 0 Å². The maximum atomic E-state index is 13.8. The molecule has 0 bridgehead atoms. The van der Waals surface area contributed by atoms with Crippen molar-refractivity contribution in [2.45, 2.75) is 18.2 Å².